The summed E-state index contributed by atoms with van der Waals surface area (Å²) in [4.78, 5) is 14.4. The number of H-pyrrole nitrogens is 1. The number of benzene rings is 1. The molecule has 1 aromatic carbocycles. The lowest BCUT2D eigenvalue weighted by molar-refractivity contribution is -0.136. The van der Waals surface area contributed by atoms with Crippen molar-refractivity contribution in [2.24, 2.45) is 5.73 Å². The molecule has 0 saturated heterocycles. The van der Waals surface area contributed by atoms with Crippen LogP contribution in [0, 0.1) is 6.92 Å². The molecule has 0 aliphatic rings. The van der Waals surface area contributed by atoms with Crippen molar-refractivity contribution in [1.29, 1.82) is 0 Å². The largest absolute Gasteiger partial charge is 0.417 e. The van der Waals surface area contributed by atoms with Crippen LogP contribution in [0.15, 0.2) is 23.0 Å². The number of unbranched alkanes of at least 4 members (excludes halogenated alkanes) is 6. The number of halogens is 3. The first-order valence-electron chi connectivity index (χ1n) is 11.2. The predicted molar refractivity (Wildman–Crippen MR) is 121 cm³/mol. The van der Waals surface area contributed by atoms with Gasteiger partial charge in [0, 0.05) is 40.1 Å². The van der Waals surface area contributed by atoms with Gasteiger partial charge < -0.3 is 15.3 Å². The molecule has 0 aliphatic carbocycles. The quantitative estimate of drug-likeness (QED) is 0.380. The number of aryl methyl sites for hydroxylation is 2. The Labute approximate surface area is 180 Å². The smallest absolute Gasteiger partial charge is 0.344 e. The van der Waals surface area contributed by atoms with E-state index in [9.17, 15) is 18.0 Å². The van der Waals surface area contributed by atoms with Gasteiger partial charge in [0.1, 0.15) is 0 Å². The molecule has 7 heteroatoms. The lowest BCUT2D eigenvalue weighted by Crippen LogP contribution is -2.14. The van der Waals surface area contributed by atoms with Crippen LogP contribution in [-0.2, 0) is 19.1 Å². The van der Waals surface area contributed by atoms with Crippen LogP contribution in [0.1, 0.15) is 68.7 Å². The van der Waals surface area contributed by atoms with E-state index in [0.29, 0.717) is 11.5 Å². The lowest BCUT2D eigenvalue weighted by Gasteiger charge is -2.12. The number of alkyl halides is 3. The Kier molecular flexibility index (Phi) is 7.46. The summed E-state index contributed by atoms with van der Waals surface area (Å²) in [6, 6.07) is 4.11. The summed E-state index contributed by atoms with van der Waals surface area (Å²) in [6.45, 7) is 5.45. The van der Waals surface area contributed by atoms with Gasteiger partial charge in [-0.25, -0.2) is 0 Å². The zero-order valence-electron chi connectivity index (χ0n) is 18.4. The molecule has 0 fully saturated rings. The SMILES string of the molecule is CCc1c(C)c2c3c(C(F)(F)F)cc(=O)[nH]c3ccc2n1CCCCCCCCCN. The van der Waals surface area contributed by atoms with E-state index in [1.165, 1.54) is 19.3 Å². The molecule has 3 aromatic rings. The summed E-state index contributed by atoms with van der Waals surface area (Å²) >= 11 is 0. The van der Waals surface area contributed by atoms with Gasteiger partial charge >= 0.3 is 6.18 Å². The van der Waals surface area contributed by atoms with Gasteiger partial charge in [-0.1, -0.05) is 39.0 Å². The number of nitrogens with two attached hydrogens (primary N) is 1. The van der Waals surface area contributed by atoms with Crippen LogP contribution in [0.3, 0.4) is 0 Å². The molecule has 3 rings (SSSR count). The van der Waals surface area contributed by atoms with Gasteiger partial charge in [-0.3, -0.25) is 4.79 Å². The molecule has 0 amide bonds. The third kappa shape index (κ3) is 4.97. The first-order valence-corrected chi connectivity index (χ1v) is 11.2. The Morgan fingerprint density at radius 2 is 1.65 bits per heavy atom. The summed E-state index contributed by atoms with van der Waals surface area (Å²) in [5, 5.41) is 0.690. The van der Waals surface area contributed by atoms with Crippen LogP contribution in [0.25, 0.3) is 21.8 Å². The highest BCUT2D eigenvalue weighted by molar-refractivity contribution is 6.09. The zero-order valence-corrected chi connectivity index (χ0v) is 18.4. The van der Waals surface area contributed by atoms with Crippen LogP contribution in [0.5, 0.6) is 0 Å². The number of pyridine rings is 1. The average Bonchev–Trinajstić information content (AvgIpc) is 2.99. The second kappa shape index (κ2) is 9.90. The Bertz CT molecular complexity index is 1100. The molecule has 0 aliphatic heterocycles. The second-order valence-corrected chi connectivity index (χ2v) is 8.27. The average molecular weight is 436 g/mol. The van der Waals surface area contributed by atoms with Gasteiger partial charge in [0.25, 0.3) is 0 Å². The molecule has 0 saturated carbocycles. The van der Waals surface area contributed by atoms with Crippen molar-refractivity contribution in [3.63, 3.8) is 0 Å². The molecule has 2 heterocycles. The van der Waals surface area contributed by atoms with Crippen LogP contribution in [0.4, 0.5) is 13.2 Å². The molecule has 0 bridgehead atoms. The van der Waals surface area contributed by atoms with E-state index in [4.69, 9.17) is 5.73 Å². The fourth-order valence-electron chi connectivity index (χ4n) is 4.68. The summed E-state index contributed by atoms with van der Waals surface area (Å²) in [6.07, 6.45) is 4.04. The minimum absolute atomic E-state index is 0.0930. The van der Waals surface area contributed by atoms with Crippen molar-refractivity contribution in [2.45, 2.75) is 77.9 Å². The maximum atomic E-state index is 13.8. The molecule has 0 radical (unpaired) electrons. The molecular weight excluding hydrogens is 403 g/mol. The van der Waals surface area contributed by atoms with Gasteiger partial charge in [-0.05, 0) is 50.4 Å². The number of nitrogens with zero attached hydrogens (tertiary/aromatic N) is 1. The molecule has 170 valence electrons. The van der Waals surface area contributed by atoms with Crippen LogP contribution >= 0.6 is 0 Å². The normalized spacial score (nSPS) is 12.3. The lowest BCUT2D eigenvalue weighted by atomic mass is 10.0. The molecule has 0 spiro atoms. The van der Waals surface area contributed by atoms with Gasteiger partial charge in [0.05, 0.1) is 5.56 Å². The number of fused-ring (bicyclic) bond motifs is 3. The fraction of sp³-hybridized carbons (Fsp3) is 0.542. The highest BCUT2D eigenvalue weighted by Crippen LogP contribution is 2.39. The minimum atomic E-state index is -4.59. The van der Waals surface area contributed by atoms with E-state index >= 15 is 0 Å². The van der Waals surface area contributed by atoms with Crippen LogP contribution in [0.2, 0.25) is 0 Å². The van der Waals surface area contributed by atoms with Crippen LogP contribution in [-0.4, -0.2) is 16.1 Å². The summed E-state index contributed by atoms with van der Waals surface area (Å²) in [5.74, 6) is 0. The molecule has 3 N–H and O–H groups in total. The Morgan fingerprint density at radius 1 is 1.00 bits per heavy atom. The number of nitrogens with one attached hydrogen (secondary N) is 1. The third-order valence-electron chi connectivity index (χ3n) is 6.14. The highest BCUT2D eigenvalue weighted by atomic mass is 19.4. The van der Waals surface area contributed by atoms with Crippen molar-refractivity contribution in [3.8, 4) is 0 Å². The van der Waals surface area contributed by atoms with Gasteiger partial charge in [0.15, 0.2) is 0 Å². The predicted octanol–water partition coefficient (Wildman–Crippen LogP) is 6.06. The van der Waals surface area contributed by atoms with Gasteiger partial charge in [-0.15, -0.1) is 0 Å². The fourth-order valence-corrected chi connectivity index (χ4v) is 4.68. The summed E-state index contributed by atoms with van der Waals surface area (Å²) in [7, 11) is 0. The third-order valence-corrected chi connectivity index (χ3v) is 6.14. The number of rotatable bonds is 10. The standard InChI is InChI=1S/C24H32F3N3O/c1-3-19-16(2)22-20(30(19)14-10-8-6-4-5-7-9-13-28)12-11-18-23(22)17(24(25,26)27)15-21(31)29-18/h11-12,15H,3-10,13-14,28H2,1-2H3,(H,29,31). The summed E-state index contributed by atoms with van der Waals surface area (Å²) in [5.41, 5.74) is 6.88. The van der Waals surface area contributed by atoms with Crippen LogP contribution < -0.4 is 11.3 Å². The van der Waals surface area contributed by atoms with Crippen molar-refractivity contribution in [1.82, 2.24) is 9.55 Å². The Morgan fingerprint density at radius 3 is 2.26 bits per heavy atom. The van der Waals surface area contributed by atoms with Crippen molar-refractivity contribution >= 4 is 21.8 Å². The van der Waals surface area contributed by atoms with Gasteiger partial charge in [0.2, 0.25) is 5.56 Å². The van der Waals surface area contributed by atoms with Crippen molar-refractivity contribution < 1.29 is 13.2 Å². The number of hydrogen-bond acceptors (Lipinski definition) is 2. The molecule has 2 aromatic heterocycles. The van der Waals surface area contributed by atoms with E-state index in [0.717, 1.165) is 62.0 Å². The van der Waals surface area contributed by atoms with E-state index in [1.807, 2.05) is 19.9 Å². The summed E-state index contributed by atoms with van der Waals surface area (Å²) < 4.78 is 43.5. The molecular formula is C24H32F3N3O. The first kappa shape index (κ1) is 23.4. The topological polar surface area (TPSA) is 63.8 Å². The monoisotopic (exact) mass is 435 g/mol. The molecule has 0 atom stereocenters. The van der Waals surface area contributed by atoms with Crippen molar-refractivity contribution in [3.05, 3.63) is 45.4 Å². The highest BCUT2D eigenvalue weighted by Gasteiger charge is 2.34. The molecule has 4 nitrogen and oxygen atoms in total. The maximum absolute atomic E-state index is 13.8. The van der Waals surface area contributed by atoms with E-state index in [2.05, 4.69) is 9.55 Å². The zero-order chi connectivity index (χ0) is 22.6. The number of aromatic amines is 1. The maximum Gasteiger partial charge on any atom is 0.417 e. The number of hydrogen-bond donors (Lipinski definition) is 2. The van der Waals surface area contributed by atoms with Crippen molar-refractivity contribution in [2.75, 3.05) is 6.54 Å². The minimum Gasteiger partial charge on any atom is -0.344 e. The Balaban J connectivity index is 1.95. The second-order valence-electron chi connectivity index (χ2n) is 8.27. The van der Waals surface area contributed by atoms with E-state index in [1.54, 1.807) is 6.07 Å². The molecule has 0 unspecified atom stereocenters. The first-order chi connectivity index (χ1) is 14.8. The number of aromatic nitrogens is 2. The van der Waals surface area contributed by atoms with Gasteiger partial charge in [-0.2, -0.15) is 13.2 Å². The van der Waals surface area contributed by atoms with E-state index in [-0.39, 0.29) is 10.9 Å². The Hall–Kier alpha value is -2.28. The van der Waals surface area contributed by atoms with E-state index < -0.39 is 17.3 Å². The molecule has 31 heavy (non-hydrogen) atoms.